The van der Waals surface area contributed by atoms with Gasteiger partial charge in [0.1, 0.15) is 5.58 Å². The summed E-state index contributed by atoms with van der Waals surface area (Å²) in [7, 11) is 0. The zero-order valence-electron chi connectivity index (χ0n) is 7.80. The number of hydrogen-bond acceptors (Lipinski definition) is 1. The molecule has 0 unspecified atom stereocenters. The summed E-state index contributed by atoms with van der Waals surface area (Å²) in [6.45, 7) is 2.02. The number of hydrogen-bond donors (Lipinski definition) is 0. The summed E-state index contributed by atoms with van der Waals surface area (Å²) in [5.41, 5.74) is 2.03. The summed E-state index contributed by atoms with van der Waals surface area (Å²) in [6, 6.07) is 7.97. The standard InChI is InChI=1S/C12H9ClO/c1-9-4-2-5-10-8-11(6-3-7-13)14-12(9)10/h2,4-5,8H,7H2,1H3. The third-order valence-corrected chi connectivity index (χ3v) is 2.15. The molecule has 14 heavy (non-hydrogen) atoms. The normalized spacial score (nSPS) is 9.86. The highest BCUT2D eigenvalue weighted by Crippen LogP contribution is 2.21. The maximum absolute atomic E-state index is 5.57. The quantitative estimate of drug-likeness (QED) is 0.474. The third kappa shape index (κ3) is 1.62. The van der Waals surface area contributed by atoms with Crippen molar-refractivity contribution in [1.29, 1.82) is 0 Å². The van der Waals surface area contributed by atoms with E-state index in [-0.39, 0.29) is 0 Å². The van der Waals surface area contributed by atoms with Crippen molar-refractivity contribution in [1.82, 2.24) is 0 Å². The highest BCUT2D eigenvalue weighted by atomic mass is 35.5. The Hall–Kier alpha value is -1.39. The van der Waals surface area contributed by atoms with Crippen LogP contribution in [0.2, 0.25) is 0 Å². The Morgan fingerprint density at radius 2 is 2.29 bits per heavy atom. The summed E-state index contributed by atoms with van der Waals surface area (Å²) in [4.78, 5) is 0. The first-order valence-corrected chi connectivity index (χ1v) is 4.88. The third-order valence-electron chi connectivity index (χ3n) is 2.02. The number of halogens is 1. The van der Waals surface area contributed by atoms with Crippen LogP contribution in [0.15, 0.2) is 28.7 Å². The van der Waals surface area contributed by atoms with E-state index >= 15 is 0 Å². The molecule has 0 aliphatic heterocycles. The average molecular weight is 205 g/mol. The van der Waals surface area contributed by atoms with Gasteiger partial charge in [0, 0.05) is 11.5 Å². The van der Waals surface area contributed by atoms with Gasteiger partial charge in [-0.3, -0.25) is 0 Å². The molecule has 0 saturated heterocycles. The summed E-state index contributed by atoms with van der Waals surface area (Å²) in [6.07, 6.45) is 0. The van der Waals surface area contributed by atoms with Crippen molar-refractivity contribution in [2.75, 3.05) is 5.88 Å². The van der Waals surface area contributed by atoms with Gasteiger partial charge < -0.3 is 4.42 Å². The molecule has 2 heteroatoms. The lowest BCUT2D eigenvalue weighted by Gasteiger charge is -1.90. The lowest BCUT2D eigenvalue weighted by atomic mass is 10.2. The Kier molecular flexibility index (Phi) is 2.47. The van der Waals surface area contributed by atoms with Crippen molar-refractivity contribution in [2.24, 2.45) is 0 Å². The highest BCUT2D eigenvalue weighted by molar-refractivity contribution is 6.19. The van der Waals surface area contributed by atoms with Crippen LogP contribution in [0.1, 0.15) is 11.3 Å². The number of benzene rings is 1. The van der Waals surface area contributed by atoms with Gasteiger partial charge in [0.05, 0.1) is 5.88 Å². The summed E-state index contributed by atoms with van der Waals surface area (Å²) in [5.74, 6) is 6.63. The fourth-order valence-corrected chi connectivity index (χ4v) is 1.46. The SMILES string of the molecule is Cc1cccc2cc(C#CCCl)oc12. The van der Waals surface area contributed by atoms with Crippen molar-refractivity contribution in [3.05, 3.63) is 35.6 Å². The summed E-state index contributed by atoms with van der Waals surface area (Å²) < 4.78 is 5.57. The second kappa shape index (κ2) is 3.77. The van der Waals surface area contributed by atoms with Gasteiger partial charge in [-0.25, -0.2) is 0 Å². The van der Waals surface area contributed by atoms with Crippen molar-refractivity contribution in [3.63, 3.8) is 0 Å². The zero-order chi connectivity index (χ0) is 9.97. The van der Waals surface area contributed by atoms with E-state index < -0.39 is 0 Å². The number of rotatable bonds is 0. The van der Waals surface area contributed by atoms with Gasteiger partial charge in [0.2, 0.25) is 0 Å². The minimum absolute atomic E-state index is 0.329. The van der Waals surface area contributed by atoms with E-state index in [1.165, 1.54) is 0 Å². The van der Waals surface area contributed by atoms with Gasteiger partial charge in [0.25, 0.3) is 0 Å². The van der Waals surface area contributed by atoms with Crippen LogP contribution in [0, 0.1) is 18.8 Å². The second-order valence-electron chi connectivity index (χ2n) is 3.04. The predicted molar refractivity (Wildman–Crippen MR) is 58.5 cm³/mol. The largest absolute Gasteiger partial charge is 0.447 e. The first kappa shape index (κ1) is 9.18. The number of alkyl halides is 1. The molecule has 0 aliphatic carbocycles. The number of furan rings is 1. The molecule has 0 bridgehead atoms. The summed E-state index contributed by atoms with van der Waals surface area (Å²) in [5, 5.41) is 1.09. The van der Waals surface area contributed by atoms with E-state index in [1.54, 1.807) is 0 Å². The van der Waals surface area contributed by atoms with E-state index in [9.17, 15) is 0 Å². The molecule has 1 aromatic heterocycles. The minimum Gasteiger partial charge on any atom is -0.447 e. The molecule has 0 atom stereocenters. The first-order chi connectivity index (χ1) is 6.81. The molecule has 0 N–H and O–H groups in total. The molecule has 1 nitrogen and oxygen atoms in total. The Labute approximate surface area is 87.7 Å². The molecule has 1 heterocycles. The second-order valence-corrected chi connectivity index (χ2v) is 3.31. The monoisotopic (exact) mass is 204 g/mol. The van der Waals surface area contributed by atoms with Gasteiger partial charge in [-0.2, -0.15) is 0 Å². The molecule has 0 amide bonds. The van der Waals surface area contributed by atoms with Crippen LogP contribution in [0.5, 0.6) is 0 Å². The molecular formula is C12H9ClO. The summed E-state index contributed by atoms with van der Waals surface area (Å²) >= 11 is 5.47. The minimum atomic E-state index is 0.329. The molecule has 0 fully saturated rings. The smallest absolute Gasteiger partial charge is 0.178 e. The van der Waals surface area contributed by atoms with E-state index in [2.05, 4.69) is 11.8 Å². The van der Waals surface area contributed by atoms with Crippen molar-refractivity contribution >= 4 is 22.6 Å². The molecule has 1 aromatic carbocycles. The molecular weight excluding hydrogens is 196 g/mol. The lowest BCUT2D eigenvalue weighted by molar-refractivity contribution is 0.599. The molecule has 70 valence electrons. The van der Waals surface area contributed by atoms with E-state index in [1.807, 2.05) is 31.2 Å². The van der Waals surface area contributed by atoms with E-state index in [4.69, 9.17) is 16.0 Å². The van der Waals surface area contributed by atoms with Crippen molar-refractivity contribution in [3.8, 4) is 11.8 Å². The van der Waals surface area contributed by atoms with Crippen LogP contribution in [-0.4, -0.2) is 5.88 Å². The number of fused-ring (bicyclic) bond motifs is 1. The highest BCUT2D eigenvalue weighted by Gasteiger charge is 2.02. The fraction of sp³-hybridized carbons (Fsp3) is 0.167. The van der Waals surface area contributed by atoms with Crippen LogP contribution < -0.4 is 0 Å². The average Bonchev–Trinajstić information content (AvgIpc) is 2.59. The molecule has 0 spiro atoms. The van der Waals surface area contributed by atoms with Crippen LogP contribution in [0.4, 0.5) is 0 Å². The molecule has 0 saturated carbocycles. The van der Waals surface area contributed by atoms with Crippen molar-refractivity contribution in [2.45, 2.75) is 6.92 Å². The Morgan fingerprint density at radius 1 is 1.43 bits per heavy atom. The Bertz CT molecular complexity index is 514. The topological polar surface area (TPSA) is 13.1 Å². The lowest BCUT2D eigenvalue weighted by Crippen LogP contribution is -1.69. The van der Waals surface area contributed by atoms with Gasteiger partial charge in [-0.1, -0.05) is 24.1 Å². The van der Waals surface area contributed by atoms with Crippen LogP contribution in [0.3, 0.4) is 0 Å². The van der Waals surface area contributed by atoms with Crippen LogP contribution in [-0.2, 0) is 0 Å². The number of aryl methyl sites for hydroxylation is 1. The Balaban J connectivity index is 2.57. The van der Waals surface area contributed by atoms with E-state index in [0.717, 1.165) is 16.5 Å². The molecule has 0 radical (unpaired) electrons. The fourth-order valence-electron chi connectivity index (χ4n) is 1.39. The van der Waals surface area contributed by atoms with Crippen molar-refractivity contribution < 1.29 is 4.42 Å². The predicted octanol–water partition coefficient (Wildman–Crippen LogP) is 3.33. The molecule has 2 aromatic rings. The maximum Gasteiger partial charge on any atom is 0.178 e. The molecule has 2 rings (SSSR count). The van der Waals surface area contributed by atoms with E-state index in [0.29, 0.717) is 11.6 Å². The Morgan fingerprint density at radius 3 is 3.00 bits per heavy atom. The van der Waals surface area contributed by atoms with Gasteiger partial charge in [-0.05, 0) is 18.4 Å². The van der Waals surface area contributed by atoms with Gasteiger partial charge >= 0.3 is 0 Å². The van der Waals surface area contributed by atoms with Gasteiger partial charge in [0.15, 0.2) is 5.76 Å². The molecule has 0 aliphatic rings. The number of para-hydroxylation sites is 1. The van der Waals surface area contributed by atoms with Gasteiger partial charge in [-0.15, -0.1) is 11.6 Å². The maximum atomic E-state index is 5.57. The van der Waals surface area contributed by atoms with Crippen LogP contribution >= 0.6 is 11.6 Å². The zero-order valence-corrected chi connectivity index (χ0v) is 8.56. The van der Waals surface area contributed by atoms with Crippen LogP contribution in [0.25, 0.3) is 11.0 Å². The first-order valence-electron chi connectivity index (χ1n) is 4.35.